The van der Waals surface area contributed by atoms with Gasteiger partial charge in [-0.25, -0.2) is 0 Å². The number of rotatable bonds is 0. The zero-order chi connectivity index (χ0) is 7.26. The average Bonchev–Trinajstić information content (AvgIpc) is 2.64. The molecule has 3 rings (SSSR count). The lowest BCUT2D eigenvalue weighted by Gasteiger charge is -2.07. The van der Waals surface area contributed by atoms with Crippen molar-refractivity contribution in [3.8, 4) is 0 Å². The van der Waals surface area contributed by atoms with Crippen LogP contribution in [-0.2, 0) is 0 Å². The number of aromatic nitrogens is 1. The summed E-state index contributed by atoms with van der Waals surface area (Å²) in [6.07, 6.45) is 9.85. The predicted octanol–water partition coefficient (Wildman–Crippen LogP) is 2.22. The summed E-state index contributed by atoms with van der Waals surface area (Å²) in [6, 6.07) is 2.16. The number of nitrogens with zero attached hydrogens (tertiary/aromatic N) is 1. The second-order valence-corrected chi connectivity index (χ2v) is 3.34. The monoisotopic (exact) mass is 143 g/mol. The third-order valence-electron chi connectivity index (χ3n) is 2.77. The fraction of sp³-hybridized carbons (Fsp3) is 0.300. The van der Waals surface area contributed by atoms with Crippen molar-refractivity contribution in [1.82, 2.24) is 4.98 Å². The fourth-order valence-electron chi connectivity index (χ4n) is 2.23. The molecule has 2 aliphatic carbocycles. The number of allylic oxidation sites excluding steroid dienone is 2. The van der Waals surface area contributed by atoms with Crippen molar-refractivity contribution in [3.63, 3.8) is 0 Å². The maximum atomic E-state index is 4.14. The van der Waals surface area contributed by atoms with E-state index in [1.165, 1.54) is 17.5 Å². The van der Waals surface area contributed by atoms with Gasteiger partial charge < -0.3 is 0 Å². The molecule has 0 aromatic carbocycles. The van der Waals surface area contributed by atoms with Crippen LogP contribution in [0.15, 0.2) is 30.6 Å². The molecule has 2 bridgehead atoms. The summed E-state index contributed by atoms with van der Waals surface area (Å²) in [6.45, 7) is 0. The molecule has 1 heteroatoms. The van der Waals surface area contributed by atoms with Gasteiger partial charge in [0.25, 0.3) is 0 Å². The third-order valence-corrected chi connectivity index (χ3v) is 2.77. The van der Waals surface area contributed by atoms with Crippen LogP contribution < -0.4 is 0 Å². The Hall–Kier alpha value is -1.11. The van der Waals surface area contributed by atoms with Crippen molar-refractivity contribution in [3.05, 3.63) is 41.7 Å². The van der Waals surface area contributed by atoms with Crippen LogP contribution in [0.2, 0.25) is 0 Å². The van der Waals surface area contributed by atoms with Crippen LogP contribution in [0.5, 0.6) is 0 Å². The first kappa shape index (κ1) is 5.53. The molecule has 0 radical (unpaired) electrons. The van der Waals surface area contributed by atoms with Crippen LogP contribution >= 0.6 is 0 Å². The lowest BCUT2D eigenvalue weighted by Crippen LogP contribution is -1.92. The molecule has 0 spiro atoms. The first-order chi connectivity index (χ1) is 5.45. The number of hydrogen-bond donors (Lipinski definition) is 0. The van der Waals surface area contributed by atoms with Crippen LogP contribution in [0.3, 0.4) is 0 Å². The van der Waals surface area contributed by atoms with Gasteiger partial charge in [-0.1, -0.05) is 12.2 Å². The fourth-order valence-corrected chi connectivity index (χ4v) is 2.23. The van der Waals surface area contributed by atoms with E-state index in [0.29, 0.717) is 11.8 Å². The van der Waals surface area contributed by atoms with Gasteiger partial charge in [0, 0.05) is 24.2 Å². The van der Waals surface area contributed by atoms with Crippen molar-refractivity contribution in [2.75, 3.05) is 0 Å². The molecule has 11 heavy (non-hydrogen) atoms. The Labute approximate surface area is 65.8 Å². The van der Waals surface area contributed by atoms with E-state index in [4.69, 9.17) is 0 Å². The lowest BCUT2D eigenvalue weighted by molar-refractivity contribution is 0.804. The minimum atomic E-state index is 0.684. The molecule has 0 fully saturated rings. The van der Waals surface area contributed by atoms with E-state index in [1.54, 1.807) is 0 Å². The molecule has 2 atom stereocenters. The van der Waals surface area contributed by atoms with Gasteiger partial charge in [0.1, 0.15) is 0 Å². The molecule has 1 aromatic heterocycles. The van der Waals surface area contributed by atoms with E-state index in [0.717, 1.165) is 0 Å². The summed E-state index contributed by atoms with van der Waals surface area (Å²) in [5.74, 6) is 1.39. The Morgan fingerprint density at radius 1 is 1.18 bits per heavy atom. The van der Waals surface area contributed by atoms with Gasteiger partial charge >= 0.3 is 0 Å². The molecule has 1 nitrogen and oxygen atoms in total. The topological polar surface area (TPSA) is 12.9 Å². The molecule has 1 heterocycles. The molecular weight excluding hydrogens is 134 g/mol. The van der Waals surface area contributed by atoms with Gasteiger partial charge in [-0.15, -0.1) is 0 Å². The van der Waals surface area contributed by atoms with Gasteiger partial charge in [0.05, 0.1) is 0 Å². The summed E-state index contributed by atoms with van der Waals surface area (Å²) in [5.41, 5.74) is 2.97. The molecule has 0 amide bonds. The third kappa shape index (κ3) is 0.584. The molecule has 1 aromatic rings. The van der Waals surface area contributed by atoms with E-state index >= 15 is 0 Å². The first-order valence-electron chi connectivity index (χ1n) is 4.07. The van der Waals surface area contributed by atoms with Crippen LogP contribution in [0.4, 0.5) is 0 Å². The van der Waals surface area contributed by atoms with Gasteiger partial charge in [-0.3, -0.25) is 4.98 Å². The molecule has 0 saturated heterocycles. The van der Waals surface area contributed by atoms with Crippen LogP contribution in [0.25, 0.3) is 0 Å². The van der Waals surface area contributed by atoms with Crippen LogP contribution in [0.1, 0.15) is 29.4 Å². The normalized spacial score (nSPS) is 30.9. The van der Waals surface area contributed by atoms with Crippen molar-refractivity contribution in [1.29, 1.82) is 0 Å². The summed E-state index contributed by atoms with van der Waals surface area (Å²) < 4.78 is 0. The second kappa shape index (κ2) is 1.73. The zero-order valence-corrected chi connectivity index (χ0v) is 6.20. The maximum Gasteiger partial charge on any atom is 0.0308 e. The minimum absolute atomic E-state index is 0.684. The van der Waals surface area contributed by atoms with E-state index in [9.17, 15) is 0 Å². The van der Waals surface area contributed by atoms with Gasteiger partial charge in [-0.05, 0) is 23.6 Å². The smallest absolute Gasteiger partial charge is 0.0308 e. The molecular formula is C10H9N. The quantitative estimate of drug-likeness (QED) is 0.507. The molecule has 0 saturated carbocycles. The van der Waals surface area contributed by atoms with Gasteiger partial charge in [-0.2, -0.15) is 0 Å². The van der Waals surface area contributed by atoms with Crippen LogP contribution in [-0.4, -0.2) is 4.98 Å². The summed E-state index contributed by atoms with van der Waals surface area (Å²) >= 11 is 0. The summed E-state index contributed by atoms with van der Waals surface area (Å²) in [4.78, 5) is 4.14. The second-order valence-electron chi connectivity index (χ2n) is 3.34. The highest BCUT2D eigenvalue weighted by Crippen LogP contribution is 2.47. The number of hydrogen-bond acceptors (Lipinski definition) is 1. The predicted molar refractivity (Wildman–Crippen MR) is 43.5 cm³/mol. The number of pyridine rings is 1. The Morgan fingerprint density at radius 3 is 2.82 bits per heavy atom. The summed E-state index contributed by atoms with van der Waals surface area (Å²) in [5, 5.41) is 0. The maximum absolute atomic E-state index is 4.14. The lowest BCUT2D eigenvalue weighted by atomic mass is 10.00. The highest BCUT2D eigenvalue weighted by Gasteiger charge is 2.31. The largest absolute Gasteiger partial charge is 0.264 e. The SMILES string of the molecule is C1=CC2CC1c1ccncc12. The van der Waals surface area contributed by atoms with Crippen molar-refractivity contribution >= 4 is 0 Å². The molecule has 0 aliphatic heterocycles. The van der Waals surface area contributed by atoms with E-state index in [1.807, 2.05) is 12.4 Å². The Balaban J connectivity index is 2.28. The Kier molecular flexibility index (Phi) is 0.869. The Bertz CT molecular complexity index is 296. The highest BCUT2D eigenvalue weighted by atomic mass is 14.6. The van der Waals surface area contributed by atoms with Gasteiger partial charge in [0.2, 0.25) is 0 Å². The average molecular weight is 143 g/mol. The minimum Gasteiger partial charge on any atom is -0.264 e. The van der Waals surface area contributed by atoms with Gasteiger partial charge in [0.15, 0.2) is 0 Å². The number of fused-ring (bicyclic) bond motifs is 5. The van der Waals surface area contributed by atoms with Crippen molar-refractivity contribution in [2.45, 2.75) is 18.3 Å². The molecule has 54 valence electrons. The zero-order valence-electron chi connectivity index (χ0n) is 6.20. The molecule has 2 aliphatic rings. The molecule has 0 N–H and O–H groups in total. The van der Waals surface area contributed by atoms with Crippen molar-refractivity contribution < 1.29 is 0 Å². The Morgan fingerprint density at radius 2 is 2.00 bits per heavy atom. The highest BCUT2D eigenvalue weighted by molar-refractivity contribution is 5.45. The van der Waals surface area contributed by atoms with Crippen LogP contribution in [0, 0.1) is 0 Å². The van der Waals surface area contributed by atoms with E-state index in [-0.39, 0.29) is 0 Å². The molecule has 2 unspecified atom stereocenters. The first-order valence-corrected chi connectivity index (χ1v) is 4.07. The standard InChI is InChI=1S/C10H9N/c1-2-8-5-7(1)9-3-4-11-6-10(8)9/h1-4,6-8H,5H2. The van der Waals surface area contributed by atoms with Crippen molar-refractivity contribution in [2.24, 2.45) is 0 Å². The van der Waals surface area contributed by atoms with E-state index < -0.39 is 0 Å². The summed E-state index contributed by atoms with van der Waals surface area (Å²) in [7, 11) is 0. The van der Waals surface area contributed by atoms with E-state index in [2.05, 4.69) is 23.2 Å².